The van der Waals surface area contributed by atoms with Crippen LogP contribution >= 0.6 is 0 Å². The SMILES string of the molecule is CC(O)c1ccc(C[N+](C)(C)C)cc1. The fourth-order valence-electron chi connectivity index (χ4n) is 1.45. The number of hydrogen-bond acceptors (Lipinski definition) is 1. The first-order valence-corrected chi connectivity index (χ1v) is 4.96. The van der Waals surface area contributed by atoms with Crippen molar-refractivity contribution < 1.29 is 9.59 Å². The van der Waals surface area contributed by atoms with Crippen LogP contribution in [0.5, 0.6) is 0 Å². The predicted molar refractivity (Wildman–Crippen MR) is 58.8 cm³/mol. The van der Waals surface area contributed by atoms with Crippen molar-refractivity contribution in [2.24, 2.45) is 0 Å². The Morgan fingerprint density at radius 1 is 1.14 bits per heavy atom. The minimum Gasteiger partial charge on any atom is -0.389 e. The zero-order valence-electron chi connectivity index (χ0n) is 9.49. The third-order valence-corrected chi connectivity index (χ3v) is 2.12. The van der Waals surface area contributed by atoms with Gasteiger partial charge in [0.25, 0.3) is 0 Å². The van der Waals surface area contributed by atoms with Crippen LogP contribution in [0.4, 0.5) is 0 Å². The van der Waals surface area contributed by atoms with Gasteiger partial charge in [0.05, 0.1) is 27.2 Å². The van der Waals surface area contributed by atoms with Crippen LogP contribution in [-0.4, -0.2) is 30.7 Å². The van der Waals surface area contributed by atoms with Gasteiger partial charge in [-0.15, -0.1) is 0 Å². The van der Waals surface area contributed by atoms with Gasteiger partial charge in [-0.1, -0.05) is 24.3 Å². The molecule has 0 amide bonds. The molecule has 0 aliphatic heterocycles. The van der Waals surface area contributed by atoms with Gasteiger partial charge >= 0.3 is 0 Å². The summed E-state index contributed by atoms with van der Waals surface area (Å²) >= 11 is 0. The van der Waals surface area contributed by atoms with Crippen molar-refractivity contribution in [3.05, 3.63) is 35.4 Å². The van der Waals surface area contributed by atoms with Crippen LogP contribution in [0.25, 0.3) is 0 Å². The van der Waals surface area contributed by atoms with Gasteiger partial charge in [-0.3, -0.25) is 0 Å². The largest absolute Gasteiger partial charge is 0.389 e. The minimum atomic E-state index is -0.367. The summed E-state index contributed by atoms with van der Waals surface area (Å²) in [6.45, 7) is 2.80. The first kappa shape index (κ1) is 11.2. The highest BCUT2D eigenvalue weighted by molar-refractivity contribution is 5.23. The second-order valence-corrected chi connectivity index (χ2v) is 4.87. The van der Waals surface area contributed by atoms with E-state index < -0.39 is 0 Å². The van der Waals surface area contributed by atoms with E-state index in [-0.39, 0.29) is 6.10 Å². The Labute approximate surface area is 86.4 Å². The van der Waals surface area contributed by atoms with Crippen molar-refractivity contribution in [2.45, 2.75) is 19.6 Å². The van der Waals surface area contributed by atoms with Gasteiger partial charge in [0.2, 0.25) is 0 Å². The van der Waals surface area contributed by atoms with E-state index in [1.165, 1.54) is 5.56 Å². The second-order valence-electron chi connectivity index (χ2n) is 4.87. The normalized spacial score (nSPS) is 14.1. The lowest BCUT2D eigenvalue weighted by molar-refractivity contribution is -0.884. The summed E-state index contributed by atoms with van der Waals surface area (Å²) in [4.78, 5) is 0. The van der Waals surface area contributed by atoms with E-state index in [2.05, 4.69) is 33.3 Å². The molecule has 0 fully saturated rings. The van der Waals surface area contributed by atoms with Crippen LogP contribution in [0.2, 0.25) is 0 Å². The van der Waals surface area contributed by atoms with Crippen molar-refractivity contribution in [3.63, 3.8) is 0 Å². The van der Waals surface area contributed by atoms with Gasteiger partial charge in [-0.25, -0.2) is 0 Å². The highest BCUT2D eigenvalue weighted by Gasteiger charge is 2.08. The molecule has 1 aromatic carbocycles. The molecule has 0 bridgehead atoms. The van der Waals surface area contributed by atoms with E-state index in [1.807, 2.05) is 12.1 Å². The van der Waals surface area contributed by atoms with Crippen molar-refractivity contribution in [3.8, 4) is 0 Å². The Morgan fingerprint density at radius 3 is 2.00 bits per heavy atom. The number of hydrogen-bond donors (Lipinski definition) is 1. The first-order chi connectivity index (χ1) is 6.38. The maximum absolute atomic E-state index is 9.34. The Balaban J connectivity index is 2.74. The van der Waals surface area contributed by atoms with Crippen LogP contribution in [0.3, 0.4) is 0 Å². The predicted octanol–water partition coefficient (Wildman–Crippen LogP) is 1.95. The van der Waals surface area contributed by atoms with E-state index in [0.29, 0.717) is 0 Å². The molecular weight excluding hydrogens is 174 g/mol. The second kappa shape index (κ2) is 4.11. The van der Waals surface area contributed by atoms with Gasteiger partial charge in [0.15, 0.2) is 0 Å². The van der Waals surface area contributed by atoms with Crippen molar-refractivity contribution in [2.75, 3.05) is 21.1 Å². The molecule has 1 atom stereocenters. The molecule has 0 aliphatic carbocycles. The average Bonchev–Trinajstić information content (AvgIpc) is 2.02. The van der Waals surface area contributed by atoms with Crippen LogP contribution in [0, 0.1) is 0 Å². The lowest BCUT2D eigenvalue weighted by atomic mass is 10.1. The van der Waals surface area contributed by atoms with Crippen molar-refractivity contribution in [1.29, 1.82) is 0 Å². The summed E-state index contributed by atoms with van der Waals surface area (Å²) in [5.41, 5.74) is 2.29. The summed E-state index contributed by atoms with van der Waals surface area (Å²) in [6.07, 6.45) is -0.367. The van der Waals surface area contributed by atoms with Crippen molar-refractivity contribution in [1.82, 2.24) is 0 Å². The lowest BCUT2D eigenvalue weighted by Gasteiger charge is -2.24. The molecule has 1 rings (SSSR count). The number of rotatable bonds is 3. The molecule has 0 radical (unpaired) electrons. The maximum atomic E-state index is 9.34. The molecule has 78 valence electrons. The van der Waals surface area contributed by atoms with Crippen LogP contribution in [0.15, 0.2) is 24.3 Å². The number of aliphatic hydroxyl groups excluding tert-OH is 1. The number of aliphatic hydroxyl groups is 1. The Kier molecular flexibility index (Phi) is 3.29. The zero-order chi connectivity index (χ0) is 10.8. The van der Waals surface area contributed by atoms with Gasteiger partial charge in [-0.2, -0.15) is 0 Å². The third-order valence-electron chi connectivity index (χ3n) is 2.12. The van der Waals surface area contributed by atoms with Gasteiger partial charge in [-0.05, 0) is 12.5 Å². The topological polar surface area (TPSA) is 20.2 Å². The fourth-order valence-corrected chi connectivity index (χ4v) is 1.45. The Hall–Kier alpha value is -0.860. The van der Waals surface area contributed by atoms with Crippen LogP contribution < -0.4 is 0 Å². The smallest absolute Gasteiger partial charge is 0.104 e. The Morgan fingerprint density at radius 2 is 1.64 bits per heavy atom. The highest BCUT2D eigenvalue weighted by Crippen LogP contribution is 2.14. The number of benzene rings is 1. The molecule has 0 aromatic heterocycles. The van der Waals surface area contributed by atoms with Crippen LogP contribution in [-0.2, 0) is 6.54 Å². The van der Waals surface area contributed by atoms with E-state index >= 15 is 0 Å². The molecule has 0 aliphatic rings. The van der Waals surface area contributed by atoms with E-state index in [9.17, 15) is 5.11 Å². The molecule has 0 spiro atoms. The summed E-state index contributed by atoms with van der Waals surface area (Å²) < 4.78 is 0.925. The summed E-state index contributed by atoms with van der Waals surface area (Å²) in [5.74, 6) is 0. The molecule has 0 saturated carbocycles. The van der Waals surface area contributed by atoms with E-state index in [1.54, 1.807) is 6.92 Å². The molecule has 1 N–H and O–H groups in total. The third kappa shape index (κ3) is 3.48. The molecular formula is C12H20NO+. The maximum Gasteiger partial charge on any atom is 0.104 e. The quantitative estimate of drug-likeness (QED) is 0.729. The summed E-state index contributed by atoms with van der Waals surface area (Å²) in [7, 11) is 6.51. The summed E-state index contributed by atoms with van der Waals surface area (Å²) in [6, 6.07) is 8.17. The van der Waals surface area contributed by atoms with E-state index in [0.717, 1.165) is 16.6 Å². The molecule has 0 saturated heterocycles. The average molecular weight is 194 g/mol. The highest BCUT2D eigenvalue weighted by atomic mass is 16.3. The zero-order valence-corrected chi connectivity index (χ0v) is 9.49. The van der Waals surface area contributed by atoms with E-state index in [4.69, 9.17) is 0 Å². The molecule has 1 unspecified atom stereocenters. The number of quaternary nitrogens is 1. The molecule has 1 aromatic rings. The monoisotopic (exact) mass is 194 g/mol. The first-order valence-electron chi connectivity index (χ1n) is 4.96. The van der Waals surface area contributed by atoms with Crippen LogP contribution in [0.1, 0.15) is 24.2 Å². The molecule has 14 heavy (non-hydrogen) atoms. The number of nitrogens with zero attached hydrogens (tertiary/aromatic N) is 1. The molecule has 2 heteroatoms. The van der Waals surface area contributed by atoms with Gasteiger partial charge < -0.3 is 9.59 Å². The lowest BCUT2D eigenvalue weighted by Crippen LogP contribution is -2.33. The molecule has 2 nitrogen and oxygen atoms in total. The van der Waals surface area contributed by atoms with Gasteiger partial charge in [0, 0.05) is 5.56 Å². The minimum absolute atomic E-state index is 0.367. The fraction of sp³-hybridized carbons (Fsp3) is 0.500. The standard InChI is InChI=1S/C12H20NO/c1-10(14)12-7-5-11(6-8-12)9-13(2,3)4/h5-8,10,14H,9H2,1-4H3/q+1. The Bertz CT molecular complexity index is 282. The molecule has 0 heterocycles. The van der Waals surface area contributed by atoms with Crippen molar-refractivity contribution >= 4 is 0 Å². The van der Waals surface area contributed by atoms with Gasteiger partial charge in [0.1, 0.15) is 6.54 Å². The summed E-state index contributed by atoms with van der Waals surface area (Å²) in [5, 5.41) is 9.34.